The maximum absolute atomic E-state index is 14.0. The van der Waals surface area contributed by atoms with Crippen molar-refractivity contribution in [2.75, 3.05) is 4.90 Å². The smallest absolute Gasteiger partial charge is 0.416 e. The summed E-state index contributed by atoms with van der Waals surface area (Å²) in [5, 5.41) is 0.726. The average molecular weight is 635 g/mol. The van der Waals surface area contributed by atoms with Crippen LogP contribution in [-0.4, -0.2) is 22.0 Å². The van der Waals surface area contributed by atoms with Gasteiger partial charge in [0.05, 0.1) is 28.1 Å². The first kappa shape index (κ1) is 27.7. The summed E-state index contributed by atoms with van der Waals surface area (Å²) in [6.07, 6.45) is -3.92. The van der Waals surface area contributed by atoms with Crippen molar-refractivity contribution < 1.29 is 27.5 Å². The van der Waals surface area contributed by atoms with Crippen molar-refractivity contribution >= 4 is 40.6 Å². The number of alkyl halides is 3. The van der Waals surface area contributed by atoms with Gasteiger partial charge in [-0.15, -0.1) is 11.8 Å². The van der Waals surface area contributed by atoms with Gasteiger partial charge in [-0.3, -0.25) is 19.3 Å². The van der Waals surface area contributed by atoms with Crippen molar-refractivity contribution in [3.63, 3.8) is 0 Å². The third kappa shape index (κ3) is 4.19. The van der Waals surface area contributed by atoms with Gasteiger partial charge in [-0.25, -0.2) is 0 Å². The van der Waals surface area contributed by atoms with Crippen LogP contribution in [0.5, 0.6) is 5.75 Å². The first-order valence-corrected chi connectivity index (χ1v) is 16.1. The Bertz CT molecular complexity index is 1860. The second-order valence-electron chi connectivity index (χ2n) is 11.8. The molecule has 5 unspecified atom stereocenters. The number of anilines is 1. The quantitative estimate of drug-likeness (QED) is 0.247. The van der Waals surface area contributed by atoms with Crippen LogP contribution in [-0.2, 0) is 22.4 Å². The third-order valence-corrected chi connectivity index (χ3v) is 12.2. The number of halogens is 3. The molecule has 1 aromatic heterocycles. The van der Waals surface area contributed by atoms with Gasteiger partial charge in [0.1, 0.15) is 12.4 Å². The Balaban J connectivity index is 1.18. The molecule has 7 atom stereocenters. The van der Waals surface area contributed by atoms with Gasteiger partial charge in [0, 0.05) is 21.6 Å². The van der Waals surface area contributed by atoms with Crippen molar-refractivity contribution in [2.45, 2.75) is 35.4 Å². The van der Waals surface area contributed by atoms with E-state index in [4.69, 9.17) is 4.74 Å². The first-order chi connectivity index (χ1) is 21.2. The third-order valence-electron chi connectivity index (χ3n) is 9.65. The Hall–Kier alpha value is -3.83. The molecule has 8 rings (SSSR count). The van der Waals surface area contributed by atoms with E-state index in [1.807, 2.05) is 54.6 Å². The van der Waals surface area contributed by atoms with Crippen LogP contribution in [0.1, 0.15) is 33.9 Å². The minimum Gasteiger partial charge on any atom is -0.489 e. The first-order valence-electron chi connectivity index (χ1n) is 14.4. The number of hydrogen-bond acceptors (Lipinski definition) is 6. The molecule has 1 N–H and O–H groups in total. The number of benzene rings is 3. The fourth-order valence-electron chi connectivity index (χ4n) is 8.05. The number of H-pyrrole nitrogens is 1. The lowest BCUT2D eigenvalue weighted by Crippen LogP contribution is -2.42. The van der Waals surface area contributed by atoms with Gasteiger partial charge in [-0.05, 0) is 54.0 Å². The van der Waals surface area contributed by atoms with Gasteiger partial charge in [-0.1, -0.05) is 65.9 Å². The summed E-state index contributed by atoms with van der Waals surface area (Å²) < 4.78 is 46.9. The molecule has 3 aromatic carbocycles. The Morgan fingerprint density at radius 1 is 0.886 bits per heavy atom. The van der Waals surface area contributed by atoms with E-state index in [9.17, 15) is 27.6 Å². The van der Waals surface area contributed by atoms with E-state index < -0.39 is 35.4 Å². The Morgan fingerprint density at radius 2 is 1.61 bits per heavy atom. The van der Waals surface area contributed by atoms with Crippen LogP contribution in [0.2, 0.25) is 0 Å². The summed E-state index contributed by atoms with van der Waals surface area (Å²) >= 11 is 2.73. The SMILES string of the molecule is O=C1C2C(C(=O)N1c1cccc(C(F)(F)F)c1)[C@@H]1C[C@H]2C2Sc3[nH]c(=O)sc3C(c3ccccc3OCc3ccccc3)C21. The number of hydrogen-bond donors (Lipinski definition) is 1. The summed E-state index contributed by atoms with van der Waals surface area (Å²) in [6.45, 7) is 0.360. The predicted molar refractivity (Wildman–Crippen MR) is 160 cm³/mol. The number of ether oxygens (including phenoxy) is 1. The van der Waals surface area contributed by atoms with E-state index in [2.05, 4.69) is 4.98 Å². The number of carbonyl (C=O) groups excluding carboxylic acids is 2. The zero-order valence-corrected chi connectivity index (χ0v) is 24.6. The van der Waals surface area contributed by atoms with Crippen molar-refractivity contribution in [1.29, 1.82) is 0 Å². The number of nitrogens with one attached hydrogen (secondary N) is 1. The average Bonchev–Trinajstić information content (AvgIpc) is 3.75. The van der Waals surface area contributed by atoms with Crippen LogP contribution >= 0.6 is 23.1 Å². The summed E-state index contributed by atoms with van der Waals surface area (Å²) in [6, 6.07) is 22.0. The van der Waals surface area contributed by atoms with Crippen molar-refractivity contribution in [3.05, 3.63) is 110 Å². The van der Waals surface area contributed by atoms with Crippen molar-refractivity contribution in [3.8, 4) is 5.75 Å². The molecular weight excluding hydrogens is 610 g/mol. The fourth-order valence-corrected chi connectivity index (χ4v) is 10.9. The predicted octanol–water partition coefficient (Wildman–Crippen LogP) is 6.71. The number of fused-ring (bicyclic) bond motifs is 9. The highest BCUT2D eigenvalue weighted by atomic mass is 32.2. The maximum Gasteiger partial charge on any atom is 0.416 e. The van der Waals surface area contributed by atoms with E-state index in [0.29, 0.717) is 18.8 Å². The molecule has 2 amide bonds. The summed E-state index contributed by atoms with van der Waals surface area (Å²) in [7, 11) is 0. The standard InChI is InChI=1S/C33H25F3N2O4S2/c34-33(35,36)17-9-6-10-18(13-17)38-30(39)25-20-14-21(26(25)31(38)40)27-24(20)23(28-29(43-27)37-32(41)44-28)19-11-4-5-12-22(19)42-15-16-7-2-1-3-8-16/h1-13,20-21,23-27H,14-15H2,(H,37,41)/t20-,21-,23?,24?,25?,26?,27?/m1/s1. The second-order valence-corrected chi connectivity index (χ2v) is 14.0. The van der Waals surface area contributed by atoms with E-state index in [1.165, 1.54) is 12.1 Å². The number of carbonyl (C=O) groups is 2. The molecule has 2 aliphatic carbocycles. The molecule has 224 valence electrons. The number of rotatable bonds is 5. The van der Waals surface area contributed by atoms with Crippen molar-refractivity contribution in [2.24, 2.45) is 29.6 Å². The molecule has 1 saturated heterocycles. The molecule has 4 aromatic rings. The molecule has 6 nitrogen and oxygen atoms in total. The van der Waals surface area contributed by atoms with Crippen LogP contribution in [0.3, 0.4) is 0 Å². The van der Waals surface area contributed by atoms with Crippen LogP contribution < -0.4 is 14.5 Å². The molecule has 0 radical (unpaired) electrons. The molecule has 11 heteroatoms. The summed E-state index contributed by atoms with van der Waals surface area (Å²) in [5.74, 6) is -2.03. The number of nitrogens with zero attached hydrogens (tertiary/aromatic N) is 1. The lowest BCUT2D eigenvalue weighted by molar-refractivity contribution is -0.137. The largest absolute Gasteiger partial charge is 0.489 e. The maximum atomic E-state index is 14.0. The number of aromatic amines is 1. The molecule has 4 aliphatic rings. The van der Waals surface area contributed by atoms with Gasteiger partial charge in [0.2, 0.25) is 11.8 Å². The highest BCUT2D eigenvalue weighted by Gasteiger charge is 2.70. The van der Waals surface area contributed by atoms with Crippen LogP contribution in [0.4, 0.5) is 18.9 Å². The lowest BCUT2D eigenvalue weighted by Gasteiger charge is -2.43. The Morgan fingerprint density at radius 3 is 2.39 bits per heavy atom. The van der Waals surface area contributed by atoms with Crippen LogP contribution in [0.25, 0.3) is 0 Å². The number of aromatic nitrogens is 1. The fraction of sp³-hybridized carbons (Fsp3) is 0.303. The number of para-hydroxylation sites is 1. The molecule has 3 fully saturated rings. The molecule has 0 spiro atoms. The minimum absolute atomic E-state index is 0.0427. The van der Waals surface area contributed by atoms with E-state index in [-0.39, 0.29) is 39.5 Å². The van der Waals surface area contributed by atoms with E-state index in [0.717, 1.165) is 49.4 Å². The normalized spacial score (nSPS) is 28.6. The second kappa shape index (κ2) is 10.1. The zero-order valence-electron chi connectivity index (χ0n) is 23.0. The highest BCUT2D eigenvalue weighted by molar-refractivity contribution is 8.00. The molecule has 44 heavy (non-hydrogen) atoms. The summed E-state index contributed by atoms with van der Waals surface area (Å²) in [4.78, 5) is 45.2. The molecule has 2 aliphatic heterocycles. The highest BCUT2D eigenvalue weighted by Crippen LogP contribution is 2.69. The topological polar surface area (TPSA) is 79.5 Å². The monoisotopic (exact) mass is 634 g/mol. The minimum atomic E-state index is -4.60. The number of imide groups is 1. The lowest BCUT2D eigenvalue weighted by atomic mass is 9.68. The van der Waals surface area contributed by atoms with Crippen LogP contribution in [0, 0.1) is 29.6 Å². The van der Waals surface area contributed by atoms with E-state index >= 15 is 0 Å². The zero-order chi connectivity index (χ0) is 30.3. The summed E-state index contributed by atoms with van der Waals surface area (Å²) in [5.41, 5.74) is 0.990. The van der Waals surface area contributed by atoms with Crippen LogP contribution in [0.15, 0.2) is 88.7 Å². The number of thiazole rings is 1. The van der Waals surface area contributed by atoms with Crippen molar-refractivity contribution in [1.82, 2.24) is 4.98 Å². The molecule has 2 bridgehead atoms. The Kier molecular flexibility index (Phi) is 6.36. The number of amides is 2. The van der Waals surface area contributed by atoms with Gasteiger partial charge < -0.3 is 9.72 Å². The molecule has 2 saturated carbocycles. The van der Waals surface area contributed by atoms with Gasteiger partial charge >= 0.3 is 11.0 Å². The van der Waals surface area contributed by atoms with E-state index in [1.54, 1.807) is 11.8 Å². The van der Waals surface area contributed by atoms with Gasteiger partial charge in [-0.2, -0.15) is 13.2 Å². The molecule has 3 heterocycles. The Labute approximate surface area is 258 Å². The molecular formula is C33H25F3N2O4S2. The van der Waals surface area contributed by atoms with Gasteiger partial charge in [0.25, 0.3) is 0 Å². The number of thioether (sulfide) groups is 1. The van der Waals surface area contributed by atoms with Gasteiger partial charge in [0.15, 0.2) is 0 Å².